The number of rotatable bonds is 5. The predicted octanol–water partition coefficient (Wildman–Crippen LogP) is 2.19. The summed E-state index contributed by atoms with van der Waals surface area (Å²) in [6.07, 6.45) is -1.13. The Hall–Kier alpha value is -2.74. The number of carbonyl (C=O) groups is 3. The number of nitrogens with zero attached hydrogens (tertiary/aromatic N) is 1. The molecular formula is C16H17N3O4S. The van der Waals surface area contributed by atoms with Crippen molar-refractivity contribution in [1.82, 2.24) is 10.3 Å². The Bertz CT molecular complexity index is 743. The van der Waals surface area contributed by atoms with Gasteiger partial charge in [0.15, 0.2) is 11.8 Å². The van der Waals surface area contributed by atoms with Crippen molar-refractivity contribution in [2.75, 3.05) is 0 Å². The minimum Gasteiger partial charge on any atom is -0.447 e. The van der Waals surface area contributed by atoms with Crippen LogP contribution in [0.15, 0.2) is 35.7 Å². The summed E-state index contributed by atoms with van der Waals surface area (Å²) in [6, 6.07) is 8.39. The number of thiazole rings is 1. The minimum atomic E-state index is -1.13. The smallest absolute Gasteiger partial charge is 0.358 e. The molecule has 8 heteroatoms. The van der Waals surface area contributed by atoms with Crippen LogP contribution in [0, 0.1) is 5.92 Å². The maximum atomic E-state index is 12.2. The van der Waals surface area contributed by atoms with Gasteiger partial charge in [-0.25, -0.2) is 14.6 Å². The number of esters is 1. The van der Waals surface area contributed by atoms with Crippen molar-refractivity contribution in [1.29, 1.82) is 0 Å². The molecule has 2 aromatic rings. The first-order valence-electron chi connectivity index (χ1n) is 7.20. The number of hydrogen-bond donors (Lipinski definition) is 2. The van der Waals surface area contributed by atoms with Gasteiger partial charge in [0, 0.05) is 10.9 Å². The van der Waals surface area contributed by atoms with E-state index in [1.165, 1.54) is 11.3 Å². The van der Waals surface area contributed by atoms with Gasteiger partial charge < -0.3 is 10.5 Å². The quantitative estimate of drug-likeness (QED) is 0.805. The lowest BCUT2D eigenvalue weighted by atomic mass is 10.1. The molecule has 0 spiro atoms. The summed E-state index contributed by atoms with van der Waals surface area (Å²) < 4.78 is 5.20. The molecule has 1 aromatic carbocycles. The third kappa shape index (κ3) is 4.39. The summed E-state index contributed by atoms with van der Waals surface area (Å²) in [5.41, 5.74) is 5.91. The van der Waals surface area contributed by atoms with Gasteiger partial charge in [-0.2, -0.15) is 0 Å². The van der Waals surface area contributed by atoms with E-state index in [2.05, 4.69) is 4.98 Å². The highest BCUT2D eigenvalue weighted by molar-refractivity contribution is 7.13. The maximum absolute atomic E-state index is 12.2. The number of aromatic nitrogens is 1. The Morgan fingerprint density at radius 3 is 2.46 bits per heavy atom. The molecule has 2 rings (SSSR count). The van der Waals surface area contributed by atoms with Gasteiger partial charge in [0.25, 0.3) is 5.91 Å². The Morgan fingerprint density at radius 1 is 1.21 bits per heavy atom. The topological polar surface area (TPSA) is 111 Å². The Morgan fingerprint density at radius 2 is 1.88 bits per heavy atom. The number of primary amides is 1. The molecule has 0 fully saturated rings. The second-order valence-corrected chi connectivity index (χ2v) is 6.19. The molecule has 0 unspecified atom stereocenters. The monoisotopic (exact) mass is 347 g/mol. The lowest BCUT2D eigenvalue weighted by molar-refractivity contribution is -0.130. The molecule has 1 aromatic heterocycles. The van der Waals surface area contributed by atoms with E-state index in [1.54, 1.807) is 19.2 Å². The summed E-state index contributed by atoms with van der Waals surface area (Å²) in [5, 5.41) is 4.15. The van der Waals surface area contributed by atoms with Crippen molar-refractivity contribution < 1.29 is 19.1 Å². The number of benzene rings is 1. The van der Waals surface area contributed by atoms with Crippen molar-refractivity contribution in [3.05, 3.63) is 41.4 Å². The molecule has 0 saturated heterocycles. The summed E-state index contributed by atoms with van der Waals surface area (Å²) in [5.74, 6) is -1.82. The highest BCUT2D eigenvalue weighted by atomic mass is 32.1. The van der Waals surface area contributed by atoms with Gasteiger partial charge in [0.1, 0.15) is 5.01 Å². The van der Waals surface area contributed by atoms with E-state index in [9.17, 15) is 14.4 Å². The number of imide groups is 1. The number of amides is 3. The number of nitrogens with two attached hydrogens (primary N) is 1. The van der Waals surface area contributed by atoms with Crippen molar-refractivity contribution in [3.8, 4) is 10.6 Å². The zero-order valence-corrected chi connectivity index (χ0v) is 14.0. The first kappa shape index (κ1) is 17.6. The van der Waals surface area contributed by atoms with E-state index in [1.807, 2.05) is 35.6 Å². The second kappa shape index (κ2) is 7.69. The lowest BCUT2D eigenvalue weighted by Crippen LogP contribution is -2.45. The summed E-state index contributed by atoms with van der Waals surface area (Å²) >= 11 is 1.30. The average molecular weight is 347 g/mol. The first-order chi connectivity index (χ1) is 11.4. The molecule has 0 aliphatic heterocycles. The molecule has 0 aliphatic rings. The first-order valence-corrected chi connectivity index (χ1v) is 8.08. The molecule has 0 saturated carbocycles. The number of ether oxygens (including phenoxy) is 1. The van der Waals surface area contributed by atoms with Gasteiger partial charge >= 0.3 is 12.0 Å². The Kier molecular flexibility index (Phi) is 5.64. The highest BCUT2D eigenvalue weighted by Gasteiger charge is 2.28. The van der Waals surface area contributed by atoms with Crippen LogP contribution in [0.4, 0.5) is 4.79 Å². The Labute approximate surface area is 142 Å². The number of urea groups is 1. The van der Waals surface area contributed by atoms with Crippen LogP contribution in [0.3, 0.4) is 0 Å². The van der Waals surface area contributed by atoms with Crippen molar-refractivity contribution in [2.45, 2.75) is 20.0 Å². The molecule has 126 valence electrons. The SMILES string of the molecule is CC(C)[C@@H](OC(=O)c1csc(-c2ccccc2)n1)C(=O)NC(N)=O. The van der Waals surface area contributed by atoms with E-state index >= 15 is 0 Å². The van der Waals surface area contributed by atoms with Gasteiger partial charge in [0.2, 0.25) is 0 Å². The predicted molar refractivity (Wildman–Crippen MR) is 89.3 cm³/mol. The van der Waals surface area contributed by atoms with Crippen LogP contribution in [0.25, 0.3) is 10.6 Å². The molecule has 3 amide bonds. The van der Waals surface area contributed by atoms with Crippen molar-refractivity contribution >= 4 is 29.2 Å². The van der Waals surface area contributed by atoms with Crippen LogP contribution in [-0.4, -0.2) is 29.0 Å². The zero-order valence-electron chi connectivity index (χ0n) is 13.2. The van der Waals surface area contributed by atoms with Gasteiger partial charge in [-0.1, -0.05) is 44.2 Å². The molecule has 0 bridgehead atoms. The van der Waals surface area contributed by atoms with Crippen LogP contribution in [-0.2, 0) is 9.53 Å². The molecule has 0 aliphatic carbocycles. The van der Waals surface area contributed by atoms with E-state index in [0.717, 1.165) is 5.56 Å². The largest absolute Gasteiger partial charge is 0.447 e. The van der Waals surface area contributed by atoms with Crippen molar-refractivity contribution in [3.63, 3.8) is 0 Å². The molecule has 7 nitrogen and oxygen atoms in total. The lowest BCUT2D eigenvalue weighted by Gasteiger charge is -2.19. The normalized spacial score (nSPS) is 11.8. The van der Waals surface area contributed by atoms with E-state index in [-0.39, 0.29) is 11.6 Å². The fourth-order valence-electron chi connectivity index (χ4n) is 1.94. The number of carbonyl (C=O) groups excluding carboxylic acids is 3. The fraction of sp³-hybridized carbons (Fsp3) is 0.250. The average Bonchev–Trinajstić information content (AvgIpc) is 3.02. The van der Waals surface area contributed by atoms with Gasteiger partial charge in [-0.3, -0.25) is 10.1 Å². The van der Waals surface area contributed by atoms with Crippen LogP contribution in [0.2, 0.25) is 0 Å². The van der Waals surface area contributed by atoms with E-state index in [4.69, 9.17) is 10.5 Å². The van der Waals surface area contributed by atoms with Gasteiger partial charge in [0.05, 0.1) is 0 Å². The fourth-order valence-corrected chi connectivity index (χ4v) is 2.74. The van der Waals surface area contributed by atoms with Crippen LogP contribution < -0.4 is 11.1 Å². The number of nitrogens with one attached hydrogen (secondary N) is 1. The Balaban J connectivity index is 2.12. The molecule has 0 radical (unpaired) electrons. The van der Waals surface area contributed by atoms with Gasteiger partial charge in [-0.05, 0) is 5.92 Å². The number of hydrogen-bond acceptors (Lipinski definition) is 6. The zero-order chi connectivity index (χ0) is 17.7. The highest BCUT2D eigenvalue weighted by Crippen LogP contribution is 2.24. The standard InChI is InChI=1S/C16H17N3O4S/c1-9(2)12(13(20)19-16(17)22)23-15(21)11-8-24-14(18-11)10-6-4-3-5-7-10/h3-9,12H,1-2H3,(H3,17,19,20,22)/t12-/m1/s1. The van der Waals surface area contributed by atoms with Gasteiger partial charge in [-0.15, -0.1) is 11.3 Å². The van der Waals surface area contributed by atoms with Crippen LogP contribution in [0.5, 0.6) is 0 Å². The summed E-state index contributed by atoms with van der Waals surface area (Å²) in [4.78, 5) is 39.1. The summed E-state index contributed by atoms with van der Waals surface area (Å²) in [7, 11) is 0. The van der Waals surface area contributed by atoms with Crippen LogP contribution in [0.1, 0.15) is 24.3 Å². The van der Waals surface area contributed by atoms with Crippen molar-refractivity contribution in [2.24, 2.45) is 11.7 Å². The molecular weight excluding hydrogens is 330 g/mol. The third-order valence-corrected chi connectivity index (χ3v) is 3.97. The second-order valence-electron chi connectivity index (χ2n) is 5.33. The molecule has 1 heterocycles. The summed E-state index contributed by atoms with van der Waals surface area (Å²) in [6.45, 7) is 3.38. The third-order valence-electron chi connectivity index (χ3n) is 3.08. The van der Waals surface area contributed by atoms with E-state index in [0.29, 0.717) is 5.01 Å². The minimum absolute atomic E-state index is 0.108. The molecule has 24 heavy (non-hydrogen) atoms. The maximum Gasteiger partial charge on any atom is 0.358 e. The molecule has 1 atom stereocenters. The molecule has 3 N–H and O–H groups in total. The van der Waals surface area contributed by atoms with Crippen LogP contribution >= 0.6 is 11.3 Å². The van der Waals surface area contributed by atoms with E-state index < -0.39 is 24.0 Å².